The first-order chi connectivity index (χ1) is 10.3. The van der Waals surface area contributed by atoms with Crippen LogP contribution in [-0.4, -0.2) is 44.1 Å². The van der Waals surface area contributed by atoms with E-state index in [-0.39, 0.29) is 18.3 Å². The standard InChI is InChI=1S/C13H17F2N3O3S/c1-22(20,21)18-6-2-3-10(8-18)16-13(19)17-12-5-4-9(14)7-11(12)15/h4-5,7,10H,2-3,6,8H2,1H3,(H2,16,17,19)/t10-/m0/s1. The van der Waals surface area contributed by atoms with Gasteiger partial charge in [-0.2, -0.15) is 0 Å². The maximum atomic E-state index is 13.4. The summed E-state index contributed by atoms with van der Waals surface area (Å²) in [6, 6.07) is 1.80. The number of sulfonamides is 1. The maximum absolute atomic E-state index is 13.4. The molecule has 1 aliphatic rings. The quantitative estimate of drug-likeness (QED) is 0.880. The summed E-state index contributed by atoms with van der Waals surface area (Å²) in [4.78, 5) is 11.8. The van der Waals surface area contributed by atoms with Gasteiger partial charge >= 0.3 is 6.03 Å². The molecule has 1 saturated heterocycles. The number of nitrogens with one attached hydrogen (secondary N) is 2. The largest absolute Gasteiger partial charge is 0.334 e. The second-order valence-electron chi connectivity index (χ2n) is 5.18. The van der Waals surface area contributed by atoms with Crippen molar-refractivity contribution in [1.82, 2.24) is 9.62 Å². The summed E-state index contributed by atoms with van der Waals surface area (Å²) < 4.78 is 50.5. The highest BCUT2D eigenvalue weighted by Crippen LogP contribution is 2.16. The van der Waals surface area contributed by atoms with Crippen molar-refractivity contribution in [2.75, 3.05) is 24.7 Å². The molecule has 0 radical (unpaired) electrons. The molecule has 0 unspecified atom stereocenters. The zero-order valence-corrected chi connectivity index (χ0v) is 12.8. The van der Waals surface area contributed by atoms with Gasteiger partial charge in [0.15, 0.2) is 0 Å². The van der Waals surface area contributed by atoms with Gasteiger partial charge in [0.2, 0.25) is 10.0 Å². The molecule has 1 atom stereocenters. The maximum Gasteiger partial charge on any atom is 0.319 e. The van der Waals surface area contributed by atoms with Crippen LogP contribution in [0.4, 0.5) is 19.3 Å². The summed E-state index contributed by atoms with van der Waals surface area (Å²) in [5, 5.41) is 4.87. The number of carbonyl (C=O) groups is 1. The molecular formula is C13H17F2N3O3S. The Hall–Kier alpha value is -1.74. The van der Waals surface area contributed by atoms with Crippen LogP contribution in [0, 0.1) is 11.6 Å². The Labute approximate surface area is 127 Å². The zero-order chi connectivity index (χ0) is 16.3. The fourth-order valence-electron chi connectivity index (χ4n) is 2.30. The highest BCUT2D eigenvalue weighted by molar-refractivity contribution is 7.88. The average Bonchev–Trinajstić information content (AvgIpc) is 2.41. The molecule has 1 aromatic rings. The average molecular weight is 333 g/mol. The van der Waals surface area contributed by atoms with E-state index in [1.807, 2.05) is 0 Å². The Morgan fingerprint density at radius 3 is 2.73 bits per heavy atom. The van der Waals surface area contributed by atoms with Crippen molar-refractivity contribution in [2.45, 2.75) is 18.9 Å². The minimum atomic E-state index is -3.30. The van der Waals surface area contributed by atoms with Gasteiger partial charge in [0.05, 0.1) is 11.9 Å². The van der Waals surface area contributed by atoms with Crippen LogP contribution in [0.25, 0.3) is 0 Å². The third kappa shape index (κ3) is 4.38. The predicted octanol–water partition coefficient (Wildman–Crippen LogP) is 1.51. The second kappa shape index (κ2) is 6.57. The molecule has 22 heavy (non-hydrogen) atoms. The molecule has 0 aromatic heterocycles. The Kier molecular flexibility index (Phi) is 4.97. The molecule has 0 spiro atoms. The summed E-state index contributed by atoms with van der Waals surface area (Å²) in [6.45, 7) is 0.601. The van der Waals surface area contributed by atoms with Gasteiger partial charge in [0.1, 0.15) is 11.6 Å². The molecule has 0 aliphatic carbocycles. The van der Waals surface area contributed by atoms with Gasteiger partial charge < -0.3 is 10.6 Å². The van der Waals surface area contributed by atoms with Crippen LogP contribution in [0.5, 0.6) is 0 Å². The van der Waals surface area contributed by atoms with Crippen LogP contribution in [-0.2, 0) is 10.0 Å². The van der Waals surface area contributed by atoms with Gasteiger partial charge in [-0.3, -0.25) is 0 Å². The monoisotopic (exact) mass is 333 g/mol. The smallest absolute Gasteiger partial charge is 0.319 e. The minimum absolute atomic E-state index is 0.144. The predicted molar refractivity (Wildman–Crippen MR) is 78.0 cm³/mol. The second-order valence-corrected chi connectivity index (χ2v) is 7.17. The molecule has 122 valence electrons. The van der Waals surface area contributed by atoms with E-state index in [0.29, 0.717) is 25.5 Å². The number of hydrogen-bond donors (Lipinski definition) is 2. The normalized spacial score (nSPS) is 19.7. The van der Waals surface area contributed by atoms with Gasteiger partial charge in [-0.15, -0.1) is 0 Å². The summed E-state index contributed by atoms with van der Waals surface area (Å²) >= 11 is 0. The van der Waals surface area contributed by atoms with Crippen LogP contribution < -0.4 is 10.6 Å². The van der Waals surface area contributed by atoms with Gasteiger partial charge in [-0.1, -0.05) is 0 Å². The van der Waals surface area contributed by atoms with Crippen LogP contribution in [0.3, 0.4) is 0 Å². The van der Waals surface area contributed by atoms with E-state index in [2.05, 4.69) is 10.6 Å². The molecule has 0 saturated carbocycles. The van der Waals surface area contributed by atoms with Crippen molar-refractivity contribution in [3.8, 4) is 0 Å². The molecule has 6 nitrogen and oxygen atoms in total. The Balaban J connectivity index is 1.94. The topological polar surface area (TPSA) is 78.5 Å². The van der Waals surface area contributed by atoms with E-state index < -0.39 is 27.7 Å². The van der Waals surface area contributed by atoms with Crippen LogP contribution in [0.15, 0.2) is 18.2 Å². The van der Waals surface area contributed by atoms with Gasteiger partial charge in [-0.05, 0) is 25.0 Å². The first-order valence-corrected chi connectivity index (χ1v) is 8.58. The van der Waals surface area contributed by atoms with Crippen LogP contribution >= 0.6 is 0 Å². The molecular weight excluding hydrogens is 316 g/mol. The summed E-state index contributed by atoms with van der Waals surface area (Å²) in [5.74, 6) is -1.61. The highest BCUT2D eigenvalue weighted by Gasteiger charge is 2.26. The number of rotatable bonds is 3. The third-order valence-electron chi connectivity index (χ3n) is 3.37. The molecule has 2 amide bonds. The highest BCUT2D eigenvalue weighted by atomic mass is 32.2. The number of benzene rings is 1. The number of halogens is 2. The Bertz CT molecular complexity index is 666. The van der Waals surface area contributed by atoms with E-state index in [0.717, 1.165) is 18.4 Å². The lowest BCUT2D eigenvalue weighted by molar-refractivity contribution is 0.236. The van der Waals surface area contributed by atoms with Crippen molar-refractivity contribution in [1.29, 1.82) is 0 Å². The fraction of sp³-hybridized carbons (Fsp3) is 0.462. The summed E-state index contributed by atoms with van der Waals surface area (Å²) in [7, 11) is -3.30. The lowest BCUT2D eigenvalue weighted by Gasteiger charge is -2.31. The SMILES string of the molecule is CS(=O)(=O)N1CCC[C@H](NC(=O)Nc2ccc(F)cc2F)C1. The number of hydrogen-bond acceptors (Lipinski definition) is 3. The van der Waals surface area contributed by atoms with Gasteiger partial charge in [0.25, 0.3) is 0 Å². The zero-order valence-electron chi connectivity index (χ0n) is 12.0. The van der Waals surface area contributed by atoms with E-state index in [1.54, 1.807) is 0 Å². The van der Waals surface area contributed by atoms with Crippen molar-refractivity contribution >= 4 is 21.7 Å². The van der Waals surface area contributed by atoms with E-state index in [4.69, 9.17) is 0 Å². The Morgan fingerprint density at radius 1 is 1.36 bits per heavy atom. The van der Waals surface area contributed by atoms with Gasteiger partial charge in [-0.25, -0.2) is 26.3 Å². The number of anilines is 1. The molecule has 2 rings (SSSR count). The lowest BCUT2D eigenvalue weighted by atomic mass is 10.1. The lowest BCUT2D eigenvalue weighted by Crippen LogP contribution is -2.50. The number of piperidine rings is 1. The fourth-order valence-corrected chi connectivity index (χ4v) is 3.21. The van der Waals surface area contributed by atoms with Crippen molar-refractivity contribution in [3.63, 3.8) is 0 Å². The van der Waals surface area contributed by atoms with Crippen molar-refractivity contribution in [3.05, 3.63) is 29.8 Å². The Morgan fingerprint density at radius 2 is 2.09 bits per heavy atom. The van der Waals surface area contributed by atoms with E-state index in [9.17, 15) is 22.0 Å². The van der Waals surface area contributed by atoms with Crippen LogP contribution in [0.1, 0.15) is 12.8 Å². The molecule has 0 bridgehead atoms. The number of carbonyl (C=O) groups excluding carboxylic acids is 1. The molecule has 1 fully saturated rings. The minimum Gasteiger partial charge on any atom is -0.334 e. The number of amides is 2. The third-order valence-corrected chi connectivity index (χ3v) is 4.64. The number of nitrogens with zero attached hydrogens (tertiary/aromatic N) is 1. The van der Waals surface area contributed by atoms with Crippen molar-refractivity contribution < 1.29 is 22.0 Å². The van der Waals surface area contributed by atoms with Crippen LogP contribution in [0.2, 0.25) is 0 Å². The molecule has 1 aromatic carbocycles. The van der Waals surface area contributed by atoms with Gasteiger partial charge in [0, 0.05) is 25.2 Å². The first-order valence-electron chi connectivity index (χ1n) is 6.73. The van der Waals surface area contributed by atoms with E-state index >= 15 is 0 Å². The molecule has 1 aliphatic heterocycles. The van der Waals surface area contributed by atoms with E-state index in [1.165, 1.54) is 4.31 Å². The summed E-state index contributed by atoms with van der Waals surface area (Å²) in [6.07, 6.45) is 2.37. The molecule has 9 heteroatoms. The summed E-state index contributed by atoms with van der Waals surface area (Å²) in [5.41, 5.74) is -0.144. The van der Waals surface area contributed by atoms with Crippen molar-refractivity contribution in [2.24, 2.45) is 0 Å². The molecule has 1 heterocycles. The first kappa shape index (κ1) is 16.6. The number of urea groups is 1. The molecule has 2 N–H and O–H groups in total.